The van der Waals surface area contributed by atoms with Gasteiger partial charge in [-0.1, -0.05) is 6.58 Å². The molecule has 2 aliphatic rings. The van der Waals surface area contributed by atoms with Crippen LogP contribution in [-0.4, -0.2) is 51.5 Å². The van der Waals surface area contributed by atoms with Crippen LogP contribution in [-0.2, 0) is 6.54 Å². The first kappa shape index (κ1) is 17.2. The normalized spacial score (nSPS) is 17.2. The SMILES string of the molecule is C=C(/C=C\C(=N/C)N1CCCC1)n1cc2c(n1)CN(c1cccnc1)C2=O. The number of aliphatic imine (C=N–C) groups is 1. The van der Waals surface area contributed by atoms with Crippen LogP contribution in [0.1, 0.15) is 28.9 Å². The second-order valence-corrected chi connectivity index (χ2v) is 6.64. The lowest BCUT2D eigenvalue weighted by atomic mass is 10.3. The van der Waals surface area contributed by atoms with Gasteiger partial charge in [0.05, 0.1) is 35.4 Å². The summed E-state index contributed by atoms with van der Waals surface area (Å²) in [5, 5.41) is 4.55. The number of carbonyl (C=O) groups excluding carboxylic acids is 1. The molecule has 0 spiro atoms. The van der Waals surface area contributed by atoms with Crippen molar-refractivity contribution >= 4 is 23.1 Å². The molecule has 0 aliphatic carbocycles. The molecule has 0 bridgehead atoms. The molecule has 7 heteroatoms. The number of carbonyl (C=O) groups is 1. The number of allylic oxidation sites excluding steroid dienone is 2. The van der Waals surface area contributed by atoms with E-state index in [4.69, 9.17) is 0 Å². The van der Waals surface area contributed by atoms with E-state index in [1.807, 2.05) is 24.3 Å². The smallest absolute Gasteiger partial charge is 0.262 e. The molecule has 0 N–H and O–H groups in total. The Hall–Kier alpha value is -3.22. The molecule has 0 saturated carbocycles. The summed E-state index contributed by atoms with van der Waals surface area (Å²) in [6, 6.07) is 3.69. The molecule has 138 valence electrons. The molecule has 1 amide bonds. The maximum Gasteiger partial charge on any atom is 0.262 e. The molecule has 0 aromatic carbocycles. The third-order valence-corrected chi connectivity index (χ3v) is 4.91. The maximum absolute atomic E-state index is 12.7. The summed E-state index contributed by atoms with van der Waals surface area (Å²) in [7, 11) is 1.80. The number of rotatable bonds is 4. The molecule has 4 rings (SSSR count). The zero-order valence-electron chi connectivity index (χ0n) is 15.4. The van der Waals surface area contributed by atoms with Crippen molar-refractivity contribution in [3.05, 3.63) is 60.7 Å². The summed E-state index contributed by atoms with van der Waals surface area (Å²) in [5.74, 6) is 0.890. The topological polar surface area (TPSA) is 66.6 Å². The largest absolute Gasteiger partial charge is 0.357 e. The van der Waals surface area contributed by atoms with Crippen molar-refractivity contribution in [3.63, 3.8) is 0 Å². The Morgan fingerprint density at radius 1 is 1.30 bits per heavy atom. The number of hydrogen-bond acceptors (Lipinski definition) is 4. The van der Waals surface area contributed by atoms with Crippen molar-refractivity contribution in [1.82, 2.24) is 19.7 Å². The van der Waals surface area contributed by atoms with Crippen LogP contribution >= 0.6 is 0 Å². The van der Waals surface area contributed by atoms with Gasteiger partial charge in [0.15, 0.2) is 0 Å². The van der Waals surface area contributed by atoms with Gasteiger partial charge < -0.3 is 9.80 Å². The van der Waals surface area contributed by atoms with Crippen molar-refractivity contribution in [3.8, 4) is 0 Å². The van der Waals surface area contributed by atoms with E-state index in [1.54, 1.807) is 35.2 Å². The molecule has 0 radical (unpaired) electrons. The van der Waals surface area contributed by atoms with E-state index in [9.17, 15) is 4.79 Å². The number of anilines is 1. The fourth-order valence-corrected chi connectivity index (χ4v) is 3.46. The standard InChI is InChI=1S/C20H22N6O/c1-15(7-8-19(21-2)24-10-3-4-11-24)26-13-17-18(23-26)14-25(20(17)27)16-6-5-9-22-12-16/h5-9,12-13H,1,3-4,10-11,14H2,2H3/b8-7-,21-19+. The van der Waals surface area contributed by atoms with Crippen molar-refractivity contribution < 1.29 is 4.79 Å². The molecular weight excluding hydrogens is 340 g/mol. The Balaban J connectivity index is 1.48. The van der Waals surface area contributed by atoms with Crippen molar-refractivity contribution in [2.45, 2.75) is 19.4 Å². The number of aromatic nitrogens is 3. The van der Waals surface area contributed by atoms with E-state index in [2.05, 4.69) is 26.6 Å². The van der Waals surface area contributed by atoms with Gasteiger partial charge in [-0.2, -0.15) is 5.10 Å². The predicted octanol–water partition coefficient (Wildman–Crippen LogP) is 2.59. The van der Waals surface area contributed by atoms with Crippen LogP contribution in [0.3, 0.4) is 0 Å². The summed E-state index contributed by atoms with van der Waals surface area (Å²) in [5.41, 5.74) is 2.84. The minimum absolute atomic E-state index is 0.0612. The Kier molecular flexibility index (Phi) is 4.58. The number of likely N-dealkylation sites (tertiary alicyclic amines) is 1. The fraction of sp³-hybridized carbons (Fsp3) is 0.300. The number of nitrogens with zero attached hydrogens (tertiary/aromatic N) is 6. The third-order valence-electron chi connectivity index (χ3n) is 4.91. The van der Waals surface area contributed by atoms with Crippen LogP contribution in [0.2, 0.25) is 0 Å². The van der Waals surface area contributed by atoms with E-state index < -0.39 is 0 Å². The first-order valence-corrected chi connectivity index (χ1v) is 9.07. The quantitative estimate of drug-likeness (QED) is 0.476. The molecule has 0 atom stereocenters. The van der Waals surface area contributed by atoms with Gasteiger partial charge >= 0.3 is 0 Å². The second kappa shape index (κ2) is 7.19. The Morgan fingerprint density at radius 2 is 2.11 bits per heavy atom. The summed E-state index contributed by atoms with van der Waals surface area (Å²) >= 11 is 0. The van der Waals surface area contributed by atoms with Gasteiger partial charge in [-0.25, -0.2) is 4.68 Å². The highest BCUT2D eigenvalue weighted by molar-refractivity contribution is 6.09. The van der Waals surface area contributed by atoms with Crippen LogP contribution in [0.25, 0.3) is 5.70 Å². The molecule has 1 saturated heterocycles. The summed E-state index contributed by atoms with van der Waals surface area (Å²) < 4.78 is 1.66. The first-order valence-electron chi connectivity index (χ1n) is 9.07. The van der Waals surface area contributed by atoms with E-state index in [-0.39, 0.29) is 5.91 Å². The number of pyridine rings is 1. The Bertz CT molecular complexity index is 921. The summed E-state index contributed by atoms with van der Waals surface area (Å²) in [6.07, 6.45) is 11.4. The molecule has 0 unspecified atom stereocenters. The van der Waals surface area contributed by atoms with Gasteiger partial charge in [-0.3, -0.25) is 14.8 Å². The van der Waals surface area contributed by atoms with Gasteiger partial charge in [-0.05, 0) is 37.1 Å². The number of fused-ring (bicyclic) bond motifs is 1. The summed E-state index contributed by atoms with van der Waals surface area (Å²) in [4.78, 5) is 25.1. The summed E-state index contributed by atoms with van der Waals surface area (Å²) in [6.45, 7) is 6.60. The maximum atomic E-state index is 12.7. The van der Waals surface area contributed by atoms with Crippen LogP contribution in [0, 0.1) is 0 Å². The van der Waals surface area contributed by atoms with Gasteiger partial charge in [0.2, 0.25) is 0 Å². The van der Waals surface area contributed by atoms with Gasteiger partial charge in [0, 0.05) is 32.5 Å². The van der Waals surface area contributed by atoms with E-state index in [0.717, 1.165) is 30.3 Å². The Labute approximate surface area is 158 Å². The van der Waals surface area contributed by atoms with E-state index in [1.165, 1.54) is 12.8 Å². The highest BCUT2D eigenvalue weighted by Gasteiger charge is 2.32. The van der Waals surface area contributed by atoms with Crippen LogP contribution in [0.4, 0.5) is 5.69 Å². The molecule has 7 nitrogen and oxygen atoms in total. The highest BCUT2D eigenvalue weighted by atomic mass is 16.2. The average Bonchev–Trinajstić information content (AvgIpc) is 3.41. The Morgan fingerprint density at radius 3 is 2.78 bits per heavy atom. The van der Waals surface area contributed by atoms with Crippen LogP contribution in [0.15, 0.2) is 54.4 Å². The molecule has 1 fully saturated rings. The third kappa shape index (κ3) is 3.28. The monoisotopic (exact) mass is 362 g/mol. The van der Waals surface area contributed by atoms with Crippen LogP contribution < -0.4 is 4.90 Å². The number of hydrogen-bond donors (Lipinski definition) is 0. The molecule has 4 heterocycles. The second-order valence-electron chi connectivity index (χ2n) is 6.64. The minimum atomic E-state index is -0.0612. The molecule has 2 aliphatic heterocycles. The highest BCUT2D eigenvalue weighted by Crippen LogP contribution is 2.27. The van der Waals surface area contributed by atoms with Gasteiger partial charge in [0.25, 0.3) is 5.91 Å². The van der Waals surface area contributed by atoms with Crippen molar-refractivity contribution in [1.29, 1.82) is 0 Å². The molecule has 2 aromatic heterocycles. The van der Waals surface area contributed by atoms with E-state index >= 15 is 0 Å². The zero-order chi connectivity index (χ0) is 18.8. The van der Waals surface area contributed by atoms with Gasteiger partial charge in [-0.15, -0.1) is 0 Å². The fourth-order valence-electron chi connectivity index (χ4n) is 3.46. The molecule has 27 heavy (non-hydrogen) atoms. The lowest BCUT2D eigenvalue weighted by molar-refractivity contribution is 0.0996. The minimum Gasteiger partial charge on any atom is -0.357 e. The predicted molar refractivity (Wildman–Crippen MR) is 106 cm³/mol. The van der Waals surface area contributed by atoms with Crippen molar-refractivity contribution in [2.75, 3.05) is 25.0 Å². The molecular formula is C20H22N6O. The van der Waals surface area contributed by atoms with E-state index in [0.29, 0.717) is 17.8 Å². The van der Waals surface area contributed by atoms with Crippen molar-refractivity contribution in [2.24, 2.45) is 4.99 Å². The average molecular weight is 362 g/mol. The zero-order valence-corrected chi connectivity index (χ0v) is 15.4. The number of amidine groups is 1. The number of amides is 1. The lowest BCUT2D eigenvalue weighted by Gasteiger charge is -2.17. The molecule has 2 aromatic rings. The van der Waals surface area contributed by atoms with Crippen LogP contribution in [0.5, 0.6) is 0 Å². The van der Waals surface area contributed by atoms with Gasteiger partial charge in [0.1, 0.15) is 5.84 Å². The first-order chi connectivity index (χ1) is 13.2. The lowest BCUT2D eigenvalue weighted by Crippen LogP contribution is -2.26.